The molecule has 0 saturated heterocycles. The van der Waals surface area contributed by atoms with E-state index < -0.39 is 6.04 Å². The van der Waals surface area contributed by atoms with Crippen molar-refractivity contribution in [3.63, 3.8) is 0 Å². The van der Waals surface area contributed by atoms with Gasteiger partial charge in [-0.25, -0.2) is 9.78 Å². The van der Waals surface area contributed by atoms with Crippen molar-refractivity contribution in [1.29, 1.82) is 0 Å². The summed E-state index contributed by atoms with van der Waals surface area (Å²) in [5, 5.41) is 2.90. The number of esters is 1. The van der Waals surface area contributed by atoms with Crippen molar-refractivity contribution in [1.82, 2.24) is 4.98 Å². The van der Waals surface area contributed by atoms with Gasteiger partial charge in [0.2, 0.25) is 0 Å². The van der Waals surface area contributed by atoms with Crippen LogP contribution >= 0.6 is 0 Å². The monoisotopic (exact) mass is 210 g/mol. The third kappa shape index (κ3) is 3.12. The number of rotatable bonds is 4. The lowest BCUT2D eigenvalue weighted by Crippen LogP contribution is -2.27. The zero-order chi connectivity index (χ0) is 11.3. The second kappa shape index (κ2) is 5.19. The summed E-state index contributed by atoms with van der Waals surface area (Å²) in [7, 11) is 2.92. The van der Waals surface area contributed by atoms with Gasteiger partial charge in [0.25, 0.3) is 0 Å². The fourth-order valence-corrected chi connectivity index (χ4v) is 1.04. The first-order valence-electron chi connectivity index (χ1n) is 4.51. The molecule has 0 radical (unpaired) electrons. The van der Waals surface area contributed by atoms with Gasteiger partial charge in [-0.15, -0.1) is 0 Å². The number of hydrogen-bond acceptors (Lipinski definition) is 5. The Morgan fingerprint density at radius 3 is 2.67 bits per heavy atom. The van der Waals surface area contributed by atoms with Gasteiger partial charge in [0.15, 0.2) is 0 Å². The van der Waals surface area contributed by atoms with E-state index in [0.717, 1.165) is 0 Å². The summed E-state index contributed by atoms with van der Waals surface area (Å²) in [6.45, 7) is 1.71. The van der Waals surface area contributed by atoms with Crippen LogP contribution in [0.4, 0.5) is 5.82 Å². The van der Waals surface area contributed by atoms with E-state index in [1.54, 1.807) is 32.4 Å². The molecule has 0 aliphatic heterocycles. The molecule has 5 nitrogen and oxygen atoms in total. The molecule has 1 atom stereocenters. The molecule has 1 heterocycles. The molecular formula is C10H14N2O3. The number of nitrogens with zero attached hydrogens (tertiary/aromatic N) is 1. The Morgan fingerprint density at radius 2 is 2.20 bits per heavy atom. The molecule has 0 aromatic carbocycles. The molecule has 0 spiro atoms. The van der Waals surface area contributed by atoms with Crippen LogP contribution < -0.4 is 10.1 Å². The quantitative estimate of drug-likeness (QED) is 0.753. The predicted octanol–water partition coefficient (Wildman–Crippen LogP) is 1.06. The van der Waals surface area contributed by atoms with Crippen LogP contribution in [-0.4, -0.2) is 31.2 Å². The number of carbonyl (C=O) groups excluding carboxylic acids is 1. The van der Waals surface area contributed by atoms with Crippen molar-refractivity contribution >= 4 is 11.8 Å². The van der Waals surface area contributed by atoms with E-state index in [0.29, 0.717) is 11.6 Å². The standard InChI is InChI=1S/C10H14N2O3/c1-7(10(13)15-3)12-9-5-4-8(14-2)6-11-9/h4-7H,1-3H3,(H,11,12). The van der Waals surface area contributed by atoms with Gasteiger partial charge in [0.05, 0.1) is 20.4 Å². The highest BCUT2D eigenvalue weighted by atomic mass is 16.5. The largest absolute Gasteiger partial charge is 0.495 e. The number of ether oxygens (including phenoxy) is 2. The second-order valence-electron chi connectivity index (χ2n) is 2.97. The average Bonchev–Trinajstić information content (AvgIpc) is 2.29. The molecule has 82 valence electrons. The van der Waals surface area contributed by atoms with Crippen LogP contribution in [0.1, 0.15) is 6.92 Å². The number of carbonyl (C=O) groups is 1. The first kappa shape index (κ1) is 11.3. The molecule has 15 heavy (non-hydrogen) atoms. The van der Waals surface area contributed by atoms with Crippen molar-refractivity contribution in [3.05, 3.63) is 18.3 Å². The number of hydrogen-bond donors (Lipinski definition) is 1. The summed E-state index contributed by atoms with van der Waals surface area (Å²) >= 11 is 0. The van der Waals surface area contributed by atoms with Gasteiger partial charge in [-0.3, -0.25) is 0 Å². The minimum Gasteiger partial charge on any atom is -0.495 e. The van der Waals surface area contributed by atoms with Gasteiger partial charge in [-0.2, -0.15) is 0 Å². The third-order valence-corrected chi connectivity index (χ3v) is 1.89. The Morgan fingerprint density at radius 1 is 1.47 bits per heavy atom. The van der Waals surface area contributed by atoms with Crippen molar-refractivity contribution in [2.45, 2.75) is 13.0 Å². The Kier molecular flexibility index (Phi) is 3.91. The highest BCUT2D eigenvalue weighted by Gasteiger charge is 2.12. The number of anilines is 1. The van der Waals surface area contributed by atoms with Crippen molar-refractivity contribution in [2.24, 2.45) is 0 Å². The lowest BCUT2D eigenvalue weighted by atomic mass is 10.3. The van der Waals surface area contributed by atoms with Gasteiger partial charge < -0.3 is 14.8 Å². The van der Waals surface area contributed by atoms with E-state index in [9.17, 15) is 4.79 Å². The van der Waals surface area contributed by atoms with Crippen LogP contribution in [0, 0.1) is 0 Å². The summed E-state index contributed by atoms with van der Waals surface area (Å²) in [4.78, 5) is 15.2. The molecule has 1 aromatic rings. The van der Waals surface area contributed by atoms with E-state index >= 15 is 0 Å². The van der Waals surface area contributed by atoms with Gasteiger partial charge in [0, 0.05) is 0 Å². The van der Waals surface area contributed by atoms with Crippen LogP contribution in [0.2, 0.25) is 0 Å². The van der Waals surface area contributed by atoms with Gasteiger partial charge in [0.1, 0.15) is 17.6 Å². The maximum atomic E-state index is 11.1. The molecule has 0 bridgehead atoms. The number of nitrogens with one attached hydrogen (secondary N) is 1. The molecule has 0 saturated carbocycles. The van der Waals surface area contributed by atoms with Crippen molar-refractivity contribution in [2.75, 3.05) is 19.5 Å². The van der Waals surface area contributed by atoms with E-state index in [1.807, 2.05) is 0 Å². The Balaban J connectivity index is 2.60. The van der Waals surface area contributed by atoms with Crippen molar-refractivity contribution < 1.29 is 14.3 Å². The fourth-order valence-electron chi connectivity index (χ4n) is 1.04. The van der Waals surface area contributed by atoms with Gasteiger partial charge in [-0.05, 0) is 19.1 Å². The van der Waals surface area contributed by atoms with Gasteiger partial charge >= 0.3 is 5.97 Å². The van der Waals surface area contributed by atoms with E-state index in [4.69, 9.17) is 4.74 Å². The zero-order valence-corrected chi connectivity index (χ0v) is 8.98. The maximum absolute atomic E-state index is 11.1. The lowest BCUT2D eigenvalue weighted by molar-refractivity contribution is -0.141. The second-order valence-corrected chi connectivity index (χ2v) is 2.97. The molecule has 1 N–H and O–H groups in total. The molecule has 1 aromatic heterocycles. The molecule has 0 amide bonds. The minimum atomic E-state index is -0.420. The Labute approximate surface area is 88.4 Å². The Bertz CT molecular complexity index is 324. The van der Waals surface area contributed by atoms with Crippen LogP contribution in [0.25, 0.3) is 0 Å². The molecule has 0 aliphatic carbocycles. The summed E-state index contributed by atoms with van der Waals surface area (Å²) in [6, 6.07) is 3.08. The SMILES string of the molecule is COC(=O)C(C)Nc1ccc(OC)cn1. The number of pyridine rings is 1. The smallest absolute Gasteiger partial charge is 0.328 e. The summed E-state index contributed by atoms with van der Waals surface area (Å²) in [6.07, 6.45) is 1.58. The topological polar surface area (TPSA) is 60.5 Å². The van der Waals surface area contributed by atoms with Crippen LogP contribution in [0.15, 0.2) is 18.3 Å². The minimum absolute atomic E-state index is 0.326. The summed E-state index contributed by atoms with van der Waals surface area (Å²) in [5.41, 5.74) is 0. The first-order chi connectivity index (χ1) is 7.17. The maximum Gasteiger partial charge on any atom is 0.328 e. The van der Waals surface area contributed by atoms with E-state index in [1.165, 1.54) is 7.11 Å². The molecule has 1 unspecified atom stereocenters. The highest BCUT2D eigenvalue weighted by Crippen LogP contribution is 2.11. The summed E-state index contributed by atoms with van der Waals surface area (Å²) in [5.74, 6) is 0.951. The van der Waals surface area contributed by atoms with Crippen LogP contribution in [0.5, 0.6) is 5.75 Å². The van der Waals surface area contributed by atoms with E-state index in [2.05, 4.69) is 15.0 Å². The molecule has 1 rings (SSSR count). The Hall–Kier alpha value is -1.78. The molecule has 5 heteroatoms. The molecule has 0 aliphatic rings. The zero-order valence-electron chi connectivity index (χ0n) is 8.98. The lowest BCUT2D eigenvalue weighted by Gasteiger charge is -2.11. The van der Waals surface area contributed by atoms with Crippen molar-refractivity contribution in [3.8, 4) is 5.75 Å². The molecule has 0 fully saturated rings. The van der Waals surface area contributed by atoms with E-state index in [-0.39, 0.29) is 5.97 Å². The predicted molar refractivity (Wildman–Crippen MR) is 55.9 cm³/mol. The third-order valence-electron chi connectivity index (χ3n) is 1.89. The number of aromatic nitrogens is 1. The fraction of sp³-hybridized carbons (Fsp3) is 0.400. The van der Waals surface area contributed by atoms with Crippen LogP contribution in [0.3, 0.4) is 0 Å². The highest BCUT2D eigenvalue weighted by molar-refractivity contribution is 5.78. The molecular weight excluding hydrogens is 196 g/mol. The van der Waals surface area contributed by atoms with Gasteiger partial charge in [-0.1, -0.05) is 0 Å². The van der Waals surface area contributed by atoms with Crippen LogP contribution in [-0.2, 0) is 9.53 Å². The normalized spacial score (nSPS) is 11.7. The average molecular weight is 210 g/mol. The number of methoxy groups -OCH3 is 2. The first-order valence-corrected chi connectivity index (χ1v) is 4.51. The summed E-state index contributed by atoms with van der Waals surface area (Å²) < 4.78 is 9.54.